The SMILES string of the molecule is Cc1[nH]c(=O)[nH]c(=O)c1CCC(=O)Nc1nc(-c2cccc(F)c2)cs1. The van der Waals surface area contributed by atoms with Gasteiger partial charge in [0.2, 0.25) is 5.91 Å². The molecule has 0 bridgehead atoms. The van der Waals surface area contributed by atoms with Crippen LogP contribution in [0.25, 0.3) is 11.3 Å². The number of carbonyl (C=O) groups excluding carboxylic acids is 1. The van der Waals surface area contributed by atoms with Gasteiger partial charge in [-0.25, -0.2) is 14.2 Å². The summed E-state index contributed by atoms with van der Waals surface area (Å²) in [6.45, 7) is 1.61. The van der Waals surface area contributed by atoms with Gasteiger partial charge in [-0.2, -0.15) is 0 Å². The molecule has 0 saturated carbocycles. The summed E-state index contributed by atoms with van der Waals surface area (Å²) in [5.74, 6) is -0.669. The highest BCUT2D eigenvalue weighted by Crippen LogP contribution is 2.25. The van der Waals surface area contributed by atoms with E-state index >= 15 is 0 Å². The lowest BCUT2D eigenvalue weighted by Gasteiger charge is -2.04. The minimum atomic E-state index is -0.576. The number of benzene rings is 1. The van der Waals surface area contributed by atoms with Gasteiger partial charge < -0.3 is 10.3 Å². The first-order valence-corrected chi connectivity index (χ1v) is 8.64. The highest BCUT2D eigenvalue weighted by atomic mass is 32.1. The number of nitrogens with one attached hydrogen (secondary N) is 3. The normalized spacial score (nSPS) is 10.7. The number of anilines is 1. The Morgan fingerprint density at radius 1 is 1.31 bits per heavy atom. The standard InChI is InChI=1S/C17H15FN4O3S/c1-9-12(15(24)22-16(25)19-9)5-6-14(23)21-17-20-13(8-26-17)10-3-2-4-11(18)7-10/h2-4,7-8H,5-6H2,1H3,(H,20,21,23)(H2,19,22,24,25). The third-order valence-corrected chi connectivity index (χ3v) is 4.49. The number of nitrogens with zero attached hydrogens (tertiary/aromatic N) is 1. The predicted octanol–water partition coefficient (Wildman–Crippen LogP) is 2.21. The summed E-state index contributed by atoms with van der Waals surface area (Å²) in [7, 11) is 0. The van der Waals surface area contributed by atoms with Crippen molar-refractivity contribution >= 4 is 22.4 Å². The van der Waals surface area contributed by atoms with Gasteiger partial charge in [-0.3, -0.25) is 14.6 Å². The molecule has 0 aliphatic rings. The minimum Gasteiger partial charge on any atom is -0.311 e. The molecule has 2 aromatic heterocycles. The van der Waals surface area contributed by atoms with Gasteiger partial charge in [0.25, 0.3) is 5.56 Å². The molecule has 1 aromatic carbocycles. The summed E-state index contributed by atoms with van der Waals surface area (Å²) >= 11 is 1.23. The van der Waals surface area contributed by atoms with Gasteiger partial charge in [0.1, 0.15) is 5.82 Å². The number of hydrogen-bond donors (Lipinski definition) is 3. The van der Waals surface area contributed by atoms with Crippen molar-refractivity contribution in [2.24, 2.45) is 0 Å². The van der Waals surface area contributed by atoms with Crippen molar-refractivity contribution in [2.75, 3.05) is 5.32 Å². The summed E-state index contributed by atoms with van der Waals surface area (Å²) in [5.41, 5.74) is 0.915. The maximum absolute atomic E-state index is 13.3. The summed E-state index contributed by atoms with van der Waals surface area (Å²) in [6, 6.07) is 6.03. The van der Waals surface area contributed by atoms with E-state index in [1.54, 1.807) is 24.4 Å². The van der Waals surface area contributed by atoms with Crippen LogP contribution in [0.15, 0.2) is 39.2 Å². The first-order valence-electron chi connectivity index (χ1n) is 7.76. The van der Waals surface area contributed by atoms with E-state index in [0.717, 1.165) is 0 Å². The molecule has 0 aliphatic carbocycles. The molecule has 0 unspecified atom stereocenters. The molecule has 2 heterocycles. The van der Waals surface area contributed by atoms with Crippen molar-refractivity contribution in [3.63, 3.8) is 0 Å². The summed E-state index contributed by atoms with van der Waals surface area (Å²) in [4.78, 5) is 43.9. The minimum absolute atomic E-state index is 0.0604. The van der Waals surface area contributed by atoms with Crippen molar-refractivity contribution < 1.29 is 9.18 Å². The molecule has 0 radical (unpaired) electrons. The van der Waals surface area contributed by atoms with Crippen LogP contribution >= 0.6 is 11.3 Å². The first-order chi connectivity index (χ1) is 12.4. The largest absolute Gasteiger partial charge is 0.325 e. The highest BCUT2D eigenvalue weighted by molar-refractivity contribution is 7.14. The first kappa shape index (κ1) is 17.7. The van der Waals surface area contributed by atoms with E-state index in [4.69, 9.17) is 0 Å². The fraction of sp³-hybridized carbons (Fsp3) is 0.176. The third kappa shape index (κ3) is 4.12. The number of aromatic amines is 2. The van der Waals surface area contributed by atoms with E-state index in [1.165, 1.54) is 23.5 Å². The number of aromatic nitrogens is 3. The Kier molecular flexibility index (Phi) is 5.08. The molecule has 0 saturated heterocycles. The zero-order valence-corrected chi connectivity index (χ0v) is 14.6. The van der Waals surface area contributed by atoms with E-state index in [-0.39, 0.29) is 24.6 Å². The molecule has 134 valence electrons. The summed E-state index contributed by atoms with van der Waals surface area (Å²) in [6.07, 6.45) is 0.247. The number of aryl methyl sites for hydroxylation is 1. The average molecular weight is 374 g/mol. The molecule has 9 heteroatoms. The smallest absolute Gasteiger partial charge is 0.311 e. The van der Waals surface area contributed by atoms with Gasteiger partial charge in [0, 0.05) is 28.6 Å². The number of rotatable bonds is 5. The number of amides is 1. The van der Waals surface area contributed by atoms with Crippen LogP contribution < -0.4 is 16.6 Å². The van der Waals surface area contributed by atoms with Crippen LogP contribution in [0.1, 0.15) is 17.7 Å². The van der Waals surface area contributed by atoms with Crippen LogP contribution in [0, 0.1) is 12.7 Å². The van der Waals surface area contributed by atoms with Crippen molar-refractivity contribution in [1.29, 1.82) is 0 Å². The Labute approximate surface area is 151 Å². The molecular formula is C17H15FN4O3S. The molecule has 26 heavy (non-hydrogen) atoms. The quantitative estimate of drug-likeness (QED) is 0.636. The Balaban J connectivity index is 1.64. The second kappa shape index (κ2) is 7.44. The zero-order valence-electron chi connectivity index (χ0n) is 13.8. The van der Waals surface area contributed by atoms with E-state index in [9.17, 15) is 18.8 Å². The Hall–Kier alpha value is -3.07. The van der Waals surface area contributed by atoms with Crippen LogP contribution in [0.2, 0.25) is 0 Å². The second-order valence-electron chi connectivity index (χ2n) is 5.61. The van der Waals surface area contributed by atoms with Crippen molar-refractivity contribution in [3.05, 3.63) is 67.6 Å². The van der Waals surface area contributed by atoms with Crippen molar-refractivity contribution in [3.8, 4) is 11.3 Å². The third-order valence-electron chi connectivity index (χ3n) is 3.73. The van der Waals surface area contributed by atoms with Gasteiger partial charge in [0.15, 0.2) is 5.13 Å². The van der Waals surface area contributed by atoms with Crippen molar-refractivity contribution in [1.82, 2.24) is 15.0 Å². The number of halogens is 1. The van der Waals surface area contributed by atoms with Gasteiger partial charge in [-0.15, -0.1) is 11.3 Å². The Bertz CT molecular complexity index is 1070. The average Bonchev–Trinajstić information content (AvgIpc) is 3.02. The molecule has 0 spiro atoms. The van der Waals surface area contributed by atoms with Crippen LogP contribution in [0.5, 0.6) is 0 Å². The molecule has 3 aromatic rings. The molecule has 0 aliphatic heterocycles. The lowest BCUT2D eigenvalue weighted by Crippen LogP contribution is -2.27. The summed E-state index contributed by atoms with van der Waals surface area (Å²) < 4.78 is 13.3. The topological polar surface area (TPSA) is 108 Å². The van der Waals surface area contributed by atoms with Crippen LogP contribution in [-0.2, 0) is 11.2 Å². The predicted molar refractivity (Wildman–Crippen MR) is 96.9 cm³/mol. The molecule has 3 N–H and O–H groups in total. The molecule has 0 atom stereocenters. The van der Waals surface area contributed by atoms with Crippen molar-refractivity contribution in [2.45, 2.75) is 19.8 Å². The highest BCUT2D eigenvalue weighted by Gasteiger charge is 2.11. The van der Waals surface area contributed by atoms with E-state index in [2.05, 4.69) is 20.3 Å². The van der Waals surface area contributed by atoms with E-state index in [1.807, 2.05) is 0 Å². The zero-order chi connectivity index (χ0) is 18.7. The number of carbonyl (C=O) groups is 1. The van der Waals surface area contributed by atoms with Crippen LogP contribution in [0.4, 0.5) is 9.52 Å². The fourth-order valence-electron chi connectivity index (χ4n) is 2.46. The fourth-order valence-corrected chi connectivity index (χ4v) is 3.19. The lowest BCUT2D eigenvalue weighted by atomic mass is 10.1. The number of H-pyrrole nitrogens is 2. The molecule has 3 rings (SSSR count). The Morgan fingerprint density at radius 3 is 2.85 bits per heavy atom. The molecule has 0 fully saturated rings. The maximum atomic E-state index is 13.3. The van der Waals surface area contributed by atoms with Crippen LogP contribution in [-0.4, -0.2) is 20.9 Å². The lowest BCUT2D eigenvalue weighted by molar-refractivity contribution is -0.116. The molecule has 1 amide bonds. The molecule has 7 nitrogen and oxygen atoms in total. The maximum Gasteiger partial charge on any atom is 0.325 e. The van der Waals surface area contributed by atoms with Crippen LogP contribution in [0.3, 0.4) is 0 Å². The van der Waals surface area contributed by atoms with Gasteiger partial charge in [-0.05, 0) is 25.5 Å². The van der Waals surface area contributed by atoms with E-state index < -0.39 is 11.2 Å². The van der Waals surface area contributed by atoms with Gasteiger partial charge >= 0.3 is 5.69 Å². The summed E-state index contributed by atoms with van der Waals surface area (Å²) in [5, 5.41) is 4.77. The Morgan fingerprint density at radius 2 is 2.12 bits per heavy atom. The second-order valence-corrected chi connectivity index (χ2v) is 6.47. The van der Waals surface area contributed by atoms with E-state index in [0.29, 0.717) is 27.6 Å². The van der Waals surface area contributed by atoms with Gasteiger partial charge in [0.05, 0.1) is 5.69 Å². The number of thiazole rings is 1. The van der Waals surface area contributed by atoms with Gasteiger partial charge in [-0.1, -0.05) is 12.1 Å². The molecular weight excluding hydrogens is 359 g/mol. The number of hydrogen-bond acceptors (Lipinski definition) is 5. The monoisotopic (exact) mass is 374 g/mol.